The van der Waals surface area contributed by atoms with E-state index in [1.165, 1.54) is 0 Å². The zero-order valence-corrected chi connectivity index (χ0v) is 17.6. The highest BCUT2D eigenvalue weighted by Crippen LogP contribution is 2.26. The molecule has 0 bridgehead atoms. The Hall–Kier alpha value is -3.58. The molecule has 1 saturated heterocycles. The number of hydrogen-bond acceptors (Lipinski definition) is 7. The van der Waals surface area contributed by atoms with Gasteiger partial charge in [-0.05, 0) is 36.9 Å². The first-order valence-electron chi connectivity index (χ1n) is 10.5. The summed E-state index contributed by atoms with van der Waals surface area (Å²) in [5.41, 5.74) is 11.4. The van der Waals surface area contributed by atoms with E-state index in [4.69, 9.17) is 10.7 Å². The van der Waals surface area contributed by atoms with Crippen LogP contribution in [0.25, 0.3) is 22.3 Å². The number of piperazine rings is 1. The van der Waals surface area contributed by atoms with Crippen LogP contribution in [0.4, 0.5) is 11.8 Å². The summed E-state index contributed by atoms with van der Waals surface area (Å²) in [4.78, 5) is 23.1. The van der Waals surface area contributed by atoms with Gasteiger partial charge in [-0.25, -0.2) is 19.9 Å². The van der Waals surface area contributed by atoms with E-state index in [0.29, 0.717) is 6.42 Å². The number of aromatic nitrogens is 4. The van der Waals surface area contributed by atoms with Crippen LogP contribution in [0.15, 0.2) is 60.8 Å². The van der Waals surface area contributed by atoms with Gasteiger partial charge in [-0.15, -0.1) is 0 Å². The lowest BCUT2D eigenvalue weighted by Gasteiger charge is -2.33. The third-order valence-corrected chi connectivity index (χ3v) is 5.71. The van der Waals surface area contributed by atoms with Crippen LogP contribution in [0.3, 0.4) is 0 Å². The molecule has 156 valence electrons. The normalized spacial score (nSPS) is 14.8. The second-order valence-electron chi connectivity index (χ2n) is 7.95. The molecule has 4 heterocycles. The molecule has 1 aliphatic rings. The standard InChI is InChI=1S/C24H25N7/c1-30-11-13-31(14-12-30)22-16-18(9-10-26-22)19-7-8-20-23(27-19)21(29-24(25)28-20)15-17-5-3-2-4-6-17/h2-10,16H,11-15H2,1H3,(H2,25,28,29). The van der Waals surface area contributed by atoms with Gasteiger partial charge in [-0.2, -0.15) is 0 Å². The molecular weight excluding hydrogens is 386 g/mol. The number of pyridine rings is 2. The van der Waals surface area contributed by atoms with Crippen LogP contribution in [0.1, 0.15) is 11.3 Å². The molecule has 0 saturated carbocycles. The first-order chi connectivity index (χ1) is 15.2. The van der Waals surface area contributed by atoms with Crippen LogP contribution in [0, 0.1) is 0 Å². The van der Waals surface area contributed by atoms with Crippen molar-refractivity contribution < 1.29 is 0 Å². The summed E-state index contributed by atoms with van der Waals surface area (Å²) in [5, 5.41) is 0. The van der Waals surface area contributed by atoms with E-state index >= 15 is 0 Å². The lowest BCUT2D eigenvalue weighted by atomic mass is 10.1. The van der Waals surface area contributed by atoms with Crippen molar-refractivity contribution in [1.29, 1.82) is 0 Å². The molecule has 1 aromatic carbocycles. The molecule has 0 unspecified atom stereocenters. The maximum Gasteiger partial charge on any atom is 0.220 e. The van der Waals surface area contributed by atoms with E-state index in [-0.39, 0.29) is 5.95 Å². The number of nitrogens with zero attached hydrogens (tertiary/aromatic N) is 6. The Morgan fingerprint density at radius 1 is 0.903 bits per heavy atom. The number of hydrogen-bond donors (Lipinski definition) is 1. The Labute approximate surface area is 181 Å². The predicted molar refractivity (Wildman–Crippen MR) is 124 cm³/mol. The largest absolute Gasteiger partial charge is 0.368 e. The fourth-order valence-electron chi connectivity index (χ4n) is 3.95. The molecule has 7 heteroatoms. The summed E-state index contributed by atoms with van der Waals surface area (Å²) in [5.74, 6) is 1.26. The van der Waals surface area contributed by atoms with Crippen molar-refractivity contribution in [3.8, 4) is 11.3 Å². The molecule has 4 aromatic rings. The highest BCUT2D eigenvalue weighted by atomic mass is 15.3. The quantitative estimate of drug-likeness (QED) is 0.553. The topological polar surface area (TPSA) is 84.1 Å². The molecule has 0 aliphatic carbocycles. The van der Waals surface area contributed by atoms with Gasteiger partial charge in [-0.1, -0.05) is 30.3 Å². The zero-order valence-electron chi connectivity index (χ0n) is 17.6. The minimum atomic E-state index is 0.272. The second-order valence-corrected chi connectivity index (χ2v) is 7.95. The van der Waals surface area contributed by atoms with Gasteiger partial charge in [0, 0.05) is 44.4 Å². The fraction of sp³-hybridized carbons (Fsp3) is 0.250. The van der Waals surface area contributed by atoms with Crippen LogP contribution in [0.5, 0.6) is 0 Å². The van der Waals surface area contributed by atoms with Gasteiger partial charge in [0.15, 0.2) is 0 Å². The van der Waals surface area contributed by atoms with Crippen LogP contribution >= 0.6 is 0 Å². The fourth-order valence-corrected chi connectivity index (χ4v) is 3.95. The minimum Gasteiger partial charge on any atom is -0.368 e. The molecule has 5 rings (SSSR count). The average Bonchev–Trinajstić information content (AvgIpc) is 2.80. The first kappa shape index (κ1) is 19.4. The van der Waals surface area contributed by atoms with Crippen molar-refractivity contribution in [2.75, 3.05) is 43.9 Å². The molecule has 3 aromatic heterocycles. The van der Waals surface area contributed by atoms with E-state index < -0.39 is 0 Å². The van der Waals surface area contributed by atoms with Gasteiger partial charge >= 0.3 is 0 Å². The maximum absolute atomic E-state index is 5.97. The molecular formula is C24H25N7. The minimum absolute atomic E-state index is 0.272. The molecule has 2 N–H and O–H groups in total. The van der Waals surface area contributed by atoms with Crippen molar-refractivity contribution in [2.45, 2.75) is 6.42 Å². The Morgan fingerprint density at radius 2 is 1.71 bits per heavy atom. The van der Waals surface area contributed by atoms with Gasteiger partial charge in [0.2, 0.25) is 5.95 Å². The van der Waals surface area contributed by atoms with E-state index in [9.17, 15) is 0 Å². The lowest BCUT2D eigenvalue weighted by Crippen LogP contribution is -2.44. The monoisotopic (exact) mass is 411 g/mol. The molecule has 7 nitrogen and oxygen atoms in total. The van der Waals surface area contributed by atoms with Gasteiger partial charge in [0.05, 0.1) is 16.9 Å². The summed E-state index contributed by atoms with van der Waals surface area (Å²) >= 11 is 0. The SMILES string of the molecule is CN1CCN(c2cc(-c3ccc4nc(N)nc(Cc5ccccc5)c4n3)ccn2)CC1. The number of benzene rings is 1. The predicted octanol–water partition coefficient (Wildman–Crippen LogP) is 3.01. The number of nitrogens with two attached hydrogens (primary N) is 1. The zero-order chi connectivity index (χ0) is 21.2. The Bertz CT molecular complexity index is 1200. The van der Waals surface area contributed by atoms with E-state index in [0.717, 1.165) is 65.5 Å². The van der Waals surface area contributed by atoms with E-state index in [1.807, 2.05) is 42.6 Å². The molecule has 1 fully saturated rings. The highest BCUT2D eigenvalue weighted by molar-refractivity contribution is 5.81. The third kappa shape index (κ3) is 4.18. The molecule has 0 radical (unpaired) electrons. The van der Waals surface area contributed by atoms with Crippen LogP contribution in [-0.2, 0) is 6.42 Å². The van der Waals surface area contributed by atoms with Crippen molar-refractivity contribution in [1.82, 2.24) is 24.8 Å². The van der Waals surface area contributed by atoms with Gasteiger partial charge < -0.3 is 15.5 Å². The number of rotatable bonds is 4. The molecule has 0 amide bonds. The van der Waals surface area contributed by atoms with E-state index in [1.54, 1.807) is 0 Å². The van der Waals surface area contributed by atoms with Crippen molar-refractivity contribution in [3.63, 3.8) is 0 Å². The smallest absolute Gasteiger partial charge is 0.220 e. The molecule has 31 heavy (non-hydrogen) atoms. The Kier molecular flexibility index (Phi) is 5.18. The number of likely N-dealkylation sites (N-methyl/N-ethyl adjacent to an activating group) is 1. The van der Waals surface area contributed by atoms with Gasteiger partial charge in [-0.3, -0.25) is 0 Å². The Balaban J connectivity index is 1.52. The summed E-state index contributed by atoms with van der Waals surface area (Å²) in [6.07, 6.45) is 2.52. The van der Waals surface area contributed by atoms with Crippen molar-refractivity contribution in [2.24, 2.45) is 0 Å². The average molecular weight is 412 g/mol. The number of nitrogen functional groups attached to an aromatic ring is 1. The number of anilines is 2. The van der Waals surface area contributed by atoms with Crippen molar-refractivity contribution in [3.05, 3.63) is 72.1 Å². The van der Waals surface area contributed by atoms with Crippen molar-refractivity contribution >= 4 is 22.8 Å². The van der Waals surface area contributed by atoms with Crippen LogP contribution in [-0.4, -0.2) is 58.1 Å². The lowest BCUT2D eigenvalue weighted by molar-refractivity contribution is 0.312. The molecule has 0 spiro atoms. The second kappa shape index (κ2) is 8.28. The highest BCUT2D eigenvalue weighted by Gasteiger charge is 2.16. The van der Waals surface area contributed by atoms with Gasteiger partial charge in [0.1, 0.15) is 11.3 Å². The summed E-state index contributed by atoms with van der Waals surface area (Å²) in [6, 6.07) is 18.3. The number of fused-ring (bicyclic) bond motifs is 1. The first-order valence-corrected chi connectivity index (χ1v) is 10.5. The molecule has 0 atom stereocenters. The summed E-state index contributed by atoms with van der Waals surface area (Å²) in [7, 11) is 2.15. The van der Waals surface area contributed by atoms with Crippen LogP contribution < -0.4 is 10.6 Å². The Morgan fingerprint density at radius 3 is 2.52 bits per heavy atom. The van der Waals surface area contributed by atoms with E-state index in [2.05, 4.69) is 50.0 Å². The summed E-state index contributed by atoms with van der Waals surface area (Å²) < 4.78 is 0. The van der Waals surface area contributed by atoms with Gasteiger partial charge in [0.25, 0.3) is 0 Å². The molecule has 1 aliphatic heterocycles. The summed E-state index contributed by atoms with van der Waals surface area (Å²) in [6.45, 7) is 4.04. The third-order valence-electron chi connectivity index (χ3n) is 5.71. The maximum atomic E-state index is 5.97. The van der Waals surface area contributed by atoms with Crippen LogP contribution in [0.2, 0.25) is 0 Å².